The Morgan fingerprint density at radius 2 is 1.87 bits per heavy atom. The number of aliphatic hydroxyl groups excluding tert-OH is 1. The number of hydrogen-bond donors (Lipinski definition) is 8. The highest BCUT2D eigenvalue weighted by atomic mass is 31.3. The van der Waals surface area contributed by atoms with Gasteiger partial charge in [0.05, 0.1) is 24.8 Å². The summed E-state index contributed by atoms with van der Waals surface area (Å²) in [4.78, 5) is 61.6. The van der Waals surface area contributed by atoms with Crippen LogP contribution in [0.2, 0.25) is 0 Å². The maximum absolute atomic E-state index is 12.2. The summed E-state index contributed by atoms with van der Waals surface area (Å²) < 4.78 is 53.2. The molecule has 1 fully saturated rings. The van der Waals surface area contributed by atoms with Crippen LogP contribution in [0.1, 0.15) is 18.7 Å². The van der Waals surface area contributed by atoms with Gasteiger partial charge in [-0.3, -0.25) is 19.6 Å². The van der Waals surface area contributed by atoms with Gasteiger partial charge in [0.2, 0.25) is 0 Å². The number of carbonyl (C=O) groups is 1. The standard InChI is InChI=1S/C16H22N5O15P3/c1-16(24)12(23)9(5-33-38(28,29)36-39(30,31)35-37(25,26)27)34-15(16)21-4-7-8(20-32-2)3-10(22)19-13-11(7)14(21)18-6-17-13/h3-4,6,9,12,15,20,23-24H,5H2,1-2H3,(H,28,29)(H,30,31)(H2,25,26,27)(H,17,18,19,22)/t9-,12-,15-,16-/m1/s1. The van der Waals surface area contributed by atoms with Crippen molar-refractivity contribution in [3.63, 3.8) is 0 Å². The molecule has 2 aromatic heterocycles. The number of amides is 1. The smallest absolute Gasteiger partial charge is 0.387 e. The number of nitrogens with one attached hydrogen (secondary N) is 2. The molecule has 4 heterocycles. The summed E-state index contributed by atoms with van der Waals surface area (Å²) in [5.74, 6) is -0.409. The Balaban J connectivity index is 1.61. The number of phosphoric ester groups is 1. The Morgan fingerprint density at radius 1 is 1.18 bits per heavy atom. The van der Waals surface area contributed by atoms with Gasteiger partial charge in [0, 0.05) is 17.8 Å². The zero-order valence-electron chi connectivity index (χ0n) is 19.7. The molecule has 1 amide bonds. The molecule has 0 saturated carbocycles. The van der Waals surface area contributed by atoms with E-state index >= 15 is 0 Å². The van der Waals surface area contributed by atoms with Crippen LogP contribution in [0, 0.1) is 0 Å². The second kappa shape index (κ2) is 10.4. The summed E-state index contributed by atoms with van der Waals surface area (Å²) in [6, 6.07) is 0. The number of aliphatic hydroxyl groups is 2. The number of phosphoric acid groups is 3. The number of hydroxylamine groups is 1. The molecule has 0 bridgehead atoms. The van der Waals surface area contributed by atoms with Crippen LogP contribution in [0.4, 0.5) is 5.82 Å². The van der Waals surface area contributed by atoms with Gasteiger partial charge >= 0.3 is 23.5 Å². The minimum absolute atomic E-state index is 0.116. The van der Waals surface area contributed by atoms with E-state index in [1.54, 1.807) is 0 Å². The predicted octanol–water partition coefficient (Wildman–Crippen LogP) is -0.772. The molecule has 0 aromatic carbocycles. The summed E-state index contributed by atoms with van der Waals surface area (Å²) in [5.41, 5.74) is 1.10. The molecule has 0 aliphatic carbocycles. The summed E-state index contributed by atoms with van der Waals surface area (Å²) in [6.07, 6.45) is -1.07. The minimum Gasteiger partial charge on any atom is -0.387 e. The Labute approximate surface area is 217 Å². The monoisotopic (exact) mass is 617 g/mol. The molecule has 2 unspecified atom stereocenters. The minimum atomic E-state index is -5.77. The SMILES string of the molecule is CONC1=CC(=O)Nc2ncnc3c2c1cn3[C@@H]1O[C@H](COP(=O)(O)OP(=O)(O)OP(=O)(O)O)[C@@H](O)[C@@]1(C)O. The zero-order valence-corrected chi connectivity index (χ0v) is 22.4. The average molecular weight is 617 g/mol. The van der Waals surface area contributed by atoms with Crippen molar-refractivity contribution >= 4 is 51.9 Å². The fourth-order valence-electron chi connectivity index (χ4n) is 3.97. The van der Waals surface area contributed by atoms with Crippen molar-refractivity contribution in [2.75, 3.05) is 19.0 Å². The highest BCUT2D eigenvalue weighted by Gasteiger charge is 2.54. The molecular weight excluding hydrogens is 595 g/mol. The van der Waals surface area contributed by atoms with Gasteiger partial charge in [-0.05, 0) is 6.92 Å². The third-order valence-corrected chi connectivity index (χ3v) is 9.26. The van der Waals surface area contributed by atoms with Crippen LogP contribution in [-0.4, -0.2) is 81.8 Å². The molecule has 2 aliphatic heterocycles. The van der Waals surface area contributed by atoms with Gasteiger partial charge < -0.3 is 44.4 Å². The van der Waals surface area contributed by atoms with Gasteiger partial charge in [-0.2, -0.15) is 8.62 Å². The van der Waals surface area contributed by atoms with Crippen LogP contribution in [0.5, 0.6) is 0 Å². The molecule has 4 rings (SSSR count). The second-order valence-corrected chi connectivity index (χ2v) is 12.7. The first-order valence-electron chi connectivity index (χ1n) is 10.5. The summed E-state index contributed by atoms with van der Waals surface area (Å²) in [7, 11) is -15.6. The quantitative estimate of drug-likeness (QED) is 0.120. The number of carbonyl (C=O) groups excluding carboxylic acids is 1. The first kappa shape index (κ1) is 29.9. The Hall–Kier alpha value is -2.12. The summed E-state index contributed by atoms with van der Waals surface area (Å²) in [5, 5.41) is 24.7. The first-order chi connectivity index (χ1) is 17.9. The van der Waals surface area contributed by atoms with Crippen molar-refractivity contribution in [2.24, 2.45) is 0 Å². The number of anilines is 1. The molecule has 0 spiro atoms. The van der Waals surface area contributed by atoms with E-state index in [2.05, 4.69) is 33.9 Å². The number of hydrogen-bond acceptors (Lipinski definition) is 14. The topological polar surface area (TPSA) is 291 Å². The molecular formula is C16H22N5O15P3. The van der Waals surface area contributed by atoms with Crippen molar-refractivity contribution in [3.05, 3.63) is 24.2 Å². The molecule has 20 nitrogen and oxygen atoms in total. The third-order valence-electron chi connectivity index (χ3n) is 5.45. The summed E-state index contributed by atoms with van der Waals surface area (Å²) in [6.45, 7) is 0.162. The summed E-state index contributed by atoms with van der Waals surface area (Å²) >= 11 is 0. The normalized spacial score (nSPS) is 28.4. The maximum Gasteiger partial charge on any atom is 0.490 e. The zero-order chi connectivity index (χ0) is 29.0. The van der Waals surface area contributed by atoms with Gasteiger partial charge in [0.25, 0.3) is 5.91 Å². The van der Waals surface area contributed by atoms with Crippen molar-refractivity contribution in [3.8, 4) is 0 Å². The van der Waals surface area contributed by atoms with Gasteiger partial charge in [-0.25, -0.2) is 23.7 Å². The molecule has 216 valence electrons. The molecule has 2 aliphatic rings. The van der Waals surface area contributed by atoms with Crippen LogP contribution in [0.15, 0.2) is 18.6 Å². The van der Waals surface area contributed by atoms with Crippen molar-refractivity contribution < 1.29 is 71.0 Å². The molecule has 0 radical (unpaired) electrons. The van der Waals surface area contributed by atoms with Crippen LogP contribution in [-0.2, 0) is 41.2 Å². The van der Waals surface area contributed by atoms with Crippen molar-refractivity contribution in [1.82, 2.24) is 20.0 Å². The third kappa shape index (κ3) is 6.30. The fourth-order valence-corrected chi connectivity index (χ4v) is 7.00. The average Bonchev–Trinajstić information content (AvgIpc) is 3.20. The lowest BCUT2D eigenvalue weighted by Gasteiger charge is -2.27. The van der Waals surface area contributed by atoms with E-state index in [1.165, 1.54) is 30.9 Å². The number of ether oxygens (including phenoxy) is 1. The number of nitrogens with zero attached hydrogens (tertiary/aromatic N) is 3. The molecule has 1 saturated heterocycles. The highest BCUT2D eigenvalue weighted by molar-refractivity contribution is 7.66. The Bertz CT molecular complexity index is 1470. The van der Waals surface area contributed by atoms with E-state index in [4.69, 9.17) is 19.4 Å². The number of rotatable bonds is 10. The molecule has 6 atom stereocenters. The second-order valence-electron chi connectivity index (χ2n) is 8.31. The lowest BCUT2D eigenvalue weighted by Crippen LogP contribution is -2.44. The molecule has 8 N–H and O–H groups in total. The van der Waals surface area contributed by atoms with Gasteiger partial charge in [-0.15, -0.1) is 0 Å². The lowest BCUT2D eigenvalue weighted by molar-refractivity contribution is -0.111. The van der Waals surface area contributed by atoms with E-state index in [0.717, 1.165) is 6.33 Å². The van der Waals surface area contributed by atoms with E-state index in [-0.39, 0.29) is 17.2 Å². The molecule has 39 heavy (non-hydrogen) atoms. The fraction of sp³-hybridized carbons (Fsp3) is 0.438. The highest BCUT2D eigenvalue weighted by Crippen LogP contribution is 2.66. The number of aromatic nitrogens is 3. The molecule has 2 aromatic rings. The van der Waals surface area contributed by atoms with Gasteiger partial charge in [-0.1, -0.05) is 0 Å². The van der Waals surface area contributed by atoms with Crippen LogP contribution < -0.4 is 10.8 Å². The Kier molecular flexibility index (Phi) is 7.94. The first-order valence-corrected chi connectivity index (χ1v) is 15.0. The maximum atomic E-state index is 12.2. The van der Waals surface area contributed by atoms with Crippen molar-refractivity contribution in [1.29, 1.82) is 0 Å². The van der Waals surface area contributed by atoms with Crippen LogP contribution in [0.25, 0.3) is 16.7 Å². The van der Waals surface area contributed by atoms with Crippen molar-refractivity contribution in [2.45, 2.75) is 31.0 Å². The van der Waals surface area contributed by atoms with Crippen LogP contribution in [0.3, 0.4) is 0 Å². The predicted molar refractivity (Wildman–Crippen MR) is 125 cm³/mol. The van der Waals surface area contributed by atoms with E-state index < -0.39 is 60.0 Å². The van der Waals surface area contributed by atoms with E-state index in [9.17, 15) is 38.5 Å². The van der Waals surface area contributed by atoms with E-state index in [1.807, 2.05) is 0 Å². The van der Waals surface area contributed by atoms with Crippen LogP contribution >= 0.6 is 23.5 Å². The van der Waals surface area contributed by atoms with Gasteiger partial charge in [0.15, 0.2) is 6.23 Å². The van der Waals surface area contributed by atoms with E-state index in [0.29, 0.717) is 10.9 Å². The lowest BCUT2D eigenvalue weighted by atomic mass is 9.96. The van der Waals surface area contributed by atoms with Gasteiger partial charge in [0.1, 0.15) is 35.6 Å². The molecule has 23 heteroatoms. The Morgan fingerprint density at radius 3 is 2.51 bits per heavy atom. The largest absolute Gasteiger partial charge is 0.490 e.